The Kier molecular flexibility index (Phi) is 5.77. The van der Waals surface area contributed by atoms with E-state index in [1.54, 1.807) is 32.0 Å². The summed E-state index contributed by atoms with van der Waals surface area (Å²) in [6.45, 7) is 3.80. The highest BCUT2D eigenvalue weighted by molar-refractivity contribution is 6.06. The van der Waals surface area contributed by atoms with Gasteiger partial charge in [0.1, 0.15) is 5.75 Å². The zero-order valence-electron chi connectivity index (χ0n) is 15.4. The fourth-order valence-electron chi connectivity index (χ4n) is 2.92. The van der Waals surface area contributed by atoms with Crippen LogP contribution in [0.5, 0.6) is 5.75 Å². The molecule has 2 aromatic carbocycles. The van der Waals surface area contributed by atoms with Gasteiger partial charge in [0.05, 0.1) is 24.3 Å². The smallest absolute Gasteiger partial charge is 0.407 e. The first kappa shape index (κ1) is 19.6. The predicted molar refractivity (Wildman–Crippen MR) is 98.4 cm³/mol. The normalized spacial score (nSPS) is 15.4. The highest BCUT2D eigenvalue weighted by atomic mass is 19.2. The first-order valence-electron chi connectivity index (χ1n) is 8.84. The van der Waals surface area contributed by atoms with E-state index in [-0.39, 0.29) is 23.4 Å². The minimum Gasteiger partial charge on any atom is -0.492 e. The second kappa shape index (κ2) is 8.24. The Morgan fingerprint density at radius 1 is 1.18 bits per heavy atom. The number of ether oxygens (including phenoxy) is 2. The SMILES string of the molecule is CC(C)OC(=O)N[C@H]1CCOc2c(C(=O)Nc3ccc(F)c(F)c3)cccc21. The zero-order valence-corrected chi connectivity index (χ0v) is 15.4. The van der Waals surface area contributed by atoms with Crippen LogP contribution in [0.4, 0.5) is 19.3 Å². The number of carbonyl (C=O) groups excluding carboxylic acids is 2. The fourth-order valence-corrected chi connectivity index (χ4v) is 2.92. The van der Waals surface area contributed by atoms with Gasteiger partial charge in [-0.3, -0.25) is 4.79 Å². The molecular formula is C20H20F2N2O4. The Morgan fingerprint density at radius 3 is 2.68 bits per heavy atom. The maximum Gasteiger partial charge on any atom is 0.407 e. The van der Waals surface area contributed by atoms with Crippen LogP contribution in [0.1, 0.15) is 42.2 Å². The van der Waals surface area contributed by atoms with Gasteiger partial charge in [0, 0.05) is 23.7 Å². The molecule has 6 nitrogen and oxygen atoms in total. The summed E-state index contributed by atoms with van der Waals surface area (Å²) in [7, 11) is 0. The monoisotopic (exact) mass is 390 g/mol. The number of fused-ring (bicyclic) bond motifs is 1. The van der Waals surface area contributed by atoms with Gasteiger partial charge in [0.25, 0.3) is 5.91 Å². The van der Waals surface area contributed by atoms with Gasteiger partial charge in [-0.05, 0) is 32.0 Å². The highest BCUT2D eigenvalue weighted by Crippen LogP contribution is 2.35. The van der Waals surface area contributed by atoms with E-state index < -0.39 is 23.6 Å². The van der Waals surface area contributed by atoms with Crippen LogP contribution in [-0.2, 0) is 4.74 Å². The first-order chi connectivity index (χ1) is 13.3. The van der Waals surface area contributed by atoms with Gasteiger partial charge in [0.2, 0.25) is 0 Å². The third-order valence-electron chi connectivity index (χ3n) is 4.13. The summed E-state index contributed by atoms with van der Waals surface area (Å²) >= 11 is 0. The number of carbonyl (C=O) groups is 2. The number of halogens is 2. The van der Waals surface area contributed by atoms with Crippen LogP contribution in [0.15, 0.2) is 36.4 Å². The molecule has 0 radical (unpaired) electrons. The lowest BCUT2D eigenvalue weighted by Crippen LogP contribution is -2.34. The van der Waals surface area contributed by atoms with Crippen LogP contribution in [0, 0.1) is 11.6 Å². The van der Waals surface area contributed by atoms with Gasteiger partial charge < -0.3 is 20.1 Å². The fraction of sp³-hybridized carbons (Fsp3) is 0.300. The number of hydrogen-bond acceptors (Lipinski definition) is 4. The maximum absolute atomic E-state index is 13.4. The number of amides is 2. The molecule has 3 rings (SSSR count). The molecular weight excluding hydrogens is 370 g/mol. The lowest BCUT2D eigenvalue weighted by Gasteiger charge is -2.28. The molecule has 0 aliphatic carbocycles. The molecule has 1 aliphatic rings. The number of alkyl carbamates (subject to hydrolysis) is 1. The third kappa shape index (κ3) is 4.39. The summed E-state index contributed by atoms with van der Waals surface area (Å²) in [5, 5.41) is 5.29. The van der Waals surface area contributed by atoms with Crippen molar-refractivity contribution >= 4 is 17.7 Å². The molecule has 1 heterocycles. The van der Waals surface area contributed by atoms with Gasteiger partial charge >= 0.3 is 6.09 Å². The van der Waals surface area contributed by atoms with Crippen molar-refractivity contribution in [1.29, 1.82) is 0 Å². The van der Waals surface area contributed by atoms with Crippen molar-refractivity contribution in [2.75, 3.05) is 11.9 Å². The minimum absolute atomic E-state index is 0.118. The molecule has 28 heavy (non-hydrogen) atoms. The standard InChI is InChI=1S/C20H20F2N2O4/c1-11(2)28-20(26)24-17-8-9-27-18-13(17)4-3-5-14(18)19(25)23-12-6-7-15(21)16(22)10-12/h3-7,10-11,17H,8-9H2,1-2H3,(H,23,25)(H,24,26)/t17-/m0/s1. The topological polar surface area (TPSA) is 76.7 Å². The Morgan fingerprint density at radius 2 is 1.96 bits per heavy atom. The second-order valence-corrected chi connectivity index (χ2v) is 6.60. The van der Waals surface area contributed by atoms with E-state index in [0.29, 0.717) is 24.3 Å². The summed E-state index contributed by atoms with van der Waals surface area (Å²) in [6.07, 6.45) is -0.286. The number of rotatable bonds is 4. The average Bonchev–Trinajstić information content (AvgIpc) is 2.64. The number of hydrogen-bond donors (Lipinski definition) is 2. The van der Waals surface area contributed by atoms with Crippen molar-refractivity contribution in [3.63, 3.8) is 0 Å². The third-order valence-corrected chi connectivity index (χ3v) is 4.13. The Balaban J connectivity index is 1.81. The Labute approximate surface area is 160 Å². The van der Waals surface area contributed by atoms with Crippen molar-refractivity contribution in [3.05, 3.63) is 59.2 Å². The van der Waals surface area contributed by atoms with Crippen LogP contribution < -0.4 is 15.4 Å². The molecule has 0 unspecified atom stereocenters. The quantitative estimate of drug-likeness (QED) is 0.821. The molecule has 2 N–H and O–H groups in total. The van der Waals surface area contributed by atoms with Gasteiger partial charge in [-0.25, -0.2) is 13.6 Å². The van der Waals surface area contributed by atoms with Crippen LogP contribution >= 0.6 is 0 Å². The van der Waals surface area contributed by atoms with E-state index in [4.69, 9.17) is 9.47 Å². The summed E-state index contributed by atoms with van der Waals surface area (Å²) in [5.74, 6) is -2.25. The second-order valence-electron chi connectivity index (χ2n) is 6.60. The molecule has 148 valence electrons. The largest absolute Gasteiger partial charge is 0.492 e. The van der Waals surface area contributed by atoms with E-state index in [2.05, 4.69) is 10.6 Å². The molecule has 0 spiro atoms. The molecule has 8 heteroatoms. The number of anilines is 1. The van der Waals surface area contributed by atoms with Crippen molar-refractivity contribution in [3.8, 4) is 5.75 Å². The number of benzene rings is 2. The predicted octanol–water partition coefficient (Wildman–Crippen LogP) is 4.18. The van der Waals surface area contributed by atoms with E-state index >= 15 is 0 Å². The molecule has 1 aliphatic heterocycles. The number of nitrogens with one attached hydrogen (secondary N) is 2. The van der Waals surface area contributed by atoms with Crippen LogP contribution in [0.2, 0.25) is 0 Å². The first-order valence-corrected chi connectivity index (χ1v) is 8.84. The molecule has 2 aromatic rings. The molecule has 0 saturated carbocycles. The molecule has 1 atom stereocenters. The lowest BCUT2D eigenvalue weighted by molar-refractivity contribution is 0.102. The van der Waals surface area contributed by atoms with Crippen molar-refractivity contribution in [1.82, 2.24) is 5.32 Å². The van der Waals surface area contributed by atoms with E-state index in [0.717, 1.165) is 12.1 Å². The van der Waals surface area contributed by atoms with Gasteiger partial charge in [-0.2, -0.15) is 0 Å². The lowest BCUT2D eigenvalue weighted by atomic mass is 9.97. The number of para-hydroxylation sites is 1. The summed E-state index contributed by atoms with van der Waals surface area (Å²) in [4.78, 5) is 24.6. The highest BCUT2D eigenvalue weighted by Gasteiger charge is 2.27. The maximum atomic E-state index is 13.4. The van der Waals surface area contributed by atoms with E-state index in [1.807, 2.05) is 0 Å². The van der Waals surface area contributed by atoms with E-state index in [9.17, 15) is 18.4 Å². The summed E-state index contributed by atoms with van der Waals surface area (Å²) in [5.41, 5.74) is 0.989. The van der Waals surface area contributed by atoms with Gasteiger partial charge in [0.15, 0.2) is 11.6 Å². The Hall–Kier alpha value is -3.16. The Bertz CT molecular complexity index is 902. The zero-order chi connectivity index (χ0) is 20.3. The van der Waals surface area contributed by atoms with E-state index in [1.165, 1.54) is 6.07 Å². The van der Waals surface area contributed by atoms with Crippen LogP contribution in [0.25, 0.3) is 0 Å². The van der Waals surface area contributed by atoms with Gasteiger partial charge in [-0.15, -0.1) is 0 Å². The van der Waals surface area contributed by atoms with Crippen molar-refractivity contribution < 1.29 is 27.8 Å². The molecule has 0 saturated heterocycles. The minimum atomic E-state index is -1.06. The van der Waals surface area contributed by atoms with Crippen LogP contribution in [-0.4, -0.2) is 24.7 Å². The molecule has 2 amide bonds. The van der Waals surface area contributed by atoms with Crippen LogP contribution in [0.3, 0.4) is 0 Å². The van der Waals surface area contributed by atoms with Gasteiger partial charge in [-0.1, -0.05) is 12.1 Å². The summed E-state index contributed by atoms with van der Waals surface area (Å²) in [6, 6.07) is 7.70. The molecule has 0 aromatic heterocycles. The molecule has 0 bridgehead atoms. The van der Waals surface area contributed by atoms with Crippen molar-refractivity contribution in [2.45, 2.75) is 32.4 Å². The average molecular weight is 390 g/mol. The molecule has 0 fully saturated rings. The summed E-state index contributed by atoms with van der Waals surface area (Å²) < 4.78 is 37.2. The van der Waals surface area contributed by atoms with Crippen molar-refractivity contribution in [2.24, 2.45) is 0 Å².